The molecule has 0 aliphatic carbocycles. The highest BCUT2D eigenvalue weighted by molar-refractivity contribution is 7.10. The summed E-state index contributed by atoms with van der Waals surface area (Å²) < 4.78 is 4.69. The van der Waals surface area contributed by atoms with Crippen LogP contribution in [0.1, 0.15) is 31.2 Å². The van der Waals surface area contributed by atoms with Gasteiger partial charge >= 0.3 is 5.97 Å². The van der Waals surface area contributed by atoms with Crippen LogP contribution in [0, 0.1) is 5.92 Å². The van der Waals surface area contributed by atoms with E-state index in [9.17, 15) is 4.79 Å². The largest absolute Gasteiger partial charge is 0.469 e. The van der Waals surface area contributed by atoms with E-state index in [1.54, 1.807) is 11.3 Å². The number of esters is 1. The number of carbonyl (C=O) groups excluding carboxylic acids is 1. The standard InChI is InChI=1S/C12H19NO2S/c1-4-10(11-6-5-7-16-11)13-8-9(2)12(14)15-3/h5-7,9-10,13H,4,8H2,1-3H3. The molecule has 0 bridgehead atoms. The number of rotatable bonds is 6. The van der Waals surface area contributed by atoms with Crippen molar-refractivity contribution in [2.24, 2.45) is 5.92 Å². The van der Waals surface area contributed by atoms with Crippen molar-refractivity contribution in [2.45, 2.75) is 26.3 Å². The van der Waals surface area contributed by atoms with Crippen LogP contribution < -0.4 is 5.32 Å². The van der Waals surface area contributed by atoms with Gasteiger partial charge in [0, 0.05) is 17.5 Å². The van der Waals surface area contributed by atoms with Crippen molar-refractivity contribution in [3.8, 4) is 0 Å². The number of thiophene rings is 1. The van der Waals surface area contributed by atoms with Gasteiger partial charge in [0.2, 0.25) is 0 Å². The highest BCUT2D eigenvalue weighted by Gasteiger charge is 2.16. The van der Waals surface area contributed by atoms with Crippen molar-refractivity contribution < 1.29 is 9.53 Å². The fraction of sp³-hybridized carbons (Fsp3) is 0.583. The normalized spacial score (nSPS) is 14.4. The Morgan fingerprint density at radius 2 is 2.38 bits per heavy atom. The fourth-order valence-electron chi connectivity index (χ4n) is 1.54. The third-order valence-corrected chi connectivity index (χ3v) is 3.55. The van der Waals surface area contributed by atoms with Gasteiger partial charge in [0.05, 0.1) is 13.0 Å². The number of ether oxygens (including phenoxy) is 1. The molecule has 2 unspecified atom stereocenters. The Hall–Kier alpha value is -0.870. The topological polar surface area (TPSA) is 38.3 Å². The number of nitrogens with one attached hydrogen (secondary N) is 1. The Bertz CT molecular complexity index is 311. The average molecular weight is 241 g/mol. The van der Waals surface area contributed by atoms with Crippen LogP contribution in [0.15, 0.2) is 17.5 Å². The average Bonchev–Trinajstić information content (AvgIpc) is 2.82. The first-order valence-electron chi connectivity index (χ1n) is 5.53. The maximum absolute atomic E-state index is 11.2. The zero-order valence-electron chi connectivity index (χ0n) is 10.0. The summed E-state index contributed by atoms with van der Waals surface area (Å²) in [5.41, 5.74) is 0. The van der Waals surface area contributed by atoms with Gasteiger partial charge in [-0.25, -0.2) is 0 Å². The van der Waals surface area contributed by atoms with E-state index in [1.165, 1.54) is 12.0 Å². The highest BCUT2D eigenvalue weighted by atomic mass is 32.1. The minimum Gasteiger partial charge on any atom is -0.469 e. The minimum atomic E-state index is -0.159. The summed E-state index contributed by atoms with van der Waals surface area (Å²) in [4.78, 5) is 12.6. The first-order chi connectivity index (χ1) is 7.69. The molecule has 0 fully saturated rings. The molecule has 1 aromatic heterocycles. The van der Waals surface area contributed by atoms with Crippen molar-refractivity contribution >= 4 is 17.3 Å². The van der Waals surface area contributed by atoms with Gasteiger partial charge in [-0.3, -0.25) is 4.79 Å². The van der Waals surface area contributed by atoms with Gasteiger partial charge in [-0.05, 0) is 17.9 Å². The Balaban J connectivity index is 2.43. The molecule has 1 rings (SSSR count). The summed E-state index contributed by atoms with van der Waals surface area (Å²) in [6.07, 6.45) is 1.02. The summed E-state index contributed by atoms with van der Waals surface area (Å²) in [5.74, 6) is -0.257. The first kappa shape index (κ1) is 13.2. The summed E-state index contributed by atoms with van der Waals surface area (Å²) in [6.45, 7) is 4.67. The number of methoxy groups -OCH3 is 1. The predicted octanol–water partition coefficient (Wildman–Crippen LogP) is 2.60. The van der Waals surface area contributed by atoms with Crippen LogP contribution in [0.4, 0.5) is 0 Å². The molecule has 1 heterocycles. The van der Waals surface area contributed by atoms with Crippen molar-refractivity contribution in [3.63, 3.8) is 0 Å². The van der Waals surface area contributed by atoms with Crippen LogP contribution in [-0.4, -0.2) is 19.6 Å². The third-order valence-electron chi connectivity index (χ3n) is 2.57. The predicted molar refractivity (Wildman–Crippen MR) is 66.5 cm³/mol. The molecule has 0 aliphatic rings. The maximum Gasteiger partial charge on any atom is 0.309 e. The quantitative estimate of drug-likeness (QED) is 0.778. The lowest BCUT2D eigenvalue weighted by molar-refractivity contribution is -0.144. The van der Waals surface area contributed by atoms with Crippen LogP contribution in [-0.2, 0) is 9.53 Å². The van der Waals surface area contributed by atoms with Crippen molar-refractivity contribution in [1.29, 1.82) is 0 Å². The minimum absolute atomic E-state index is 0.0981. The van der Waals surface area contributed by atoms with E-state index >= 15 is 0 Å². The third kappa shape index (κ3) is 3.61. The molecule has 2 atom stereocenters. The SMILES string of the molecule is CCC(NCC(C)C(=O)OC)c1cccs1. The van der Waals surface area contributed by atoms with Gasteiger partial charge in [0.25, 0.3) is 0 Å². The number of carbonyl (C=O) groups is 1. The zero-order chi connectivity index (χ0) is 12.0. The second-order valence-corrected chi connectivity index (χ2v) is 4.79. The van der Waals surface area contributed by atoms with E-state index in [1.807, 2.05) is 13.0 Å². The molecule has 3 nitrogen and oxygen atoms in total. The first-order valence-corrected chi connectivity index (χ1v) is 6.41. The van der Waals surface area contributed by atoms with E-state index in [4.69, 9.17) is 4.74 Å². The zero-order valence-corrected chi connectivity index (χ0v) is 10.8. The second-order valence-electron chi connectivity index (χ2n) is 3.81. The molecule has 1 N–H and O–H groups in total. The van der Waals surface area contributed by atoms with Crippen LogP contribution in [0.25, 0.3) is 0 Å². The molecule has 16 heavy (non-hydrogen) atoms. The molecule has 0 spiro atoms. The number of hydrogen-bond donors (Lipinski definition) is 1. The van der Waals surface area contributed by atoms with E-state index in [0.29, 0.717) is 12.6 Å². The van der Waals surface area contributed by atoms with Crippen LogP contribution >= 0.6 is 11.3 Å². The monoisotopic (exact) mass is 241 g/mol. The van der Waals surface area contributed by atoms with Crippen molar-refractivity contribution in [2.75, 3.05) is 13.7 Å². The molecule has 0 aromatic carbocycles. The molecule has 0 saturated heterocycles. The van der Waals surface area contributed by atoms with E-state index in [2.05, 4.69) is 23.7 Å². The summed E-state index contributed by atoms with van der Waals surface area (Å²) in [5, 5.41) is 5.47. The summed E-state index contributed by atoms with van der Waals surface area (Å²) in [6, 6.07) is 4.51. The van der Waals surface area contributed by atoms with Gasteiger partial charge in [-0.15, -0.1) is 11.3 Å². The smallest absolute Gasteiger partial charge is 0.309 e. The fourth-order valence-corrected chi connectivity index (χ4v) is 2.42. The lowest BCUT2D eigenvalue weighted by atomic mass is 10.1. The van der Waals surface area contributed by atoms with E-state index < -0.39 is 0 Å². The maximum atomic E-state index is 11.2. The molecule has 0 radical (unpaired) electrons. The van der Waals surface area contributed by atoms with Gasteiger partial charge in [-0.2, -0.15) is 0 Å². The van der Waals surface area contributed by atoms with Crippen molar-refractivity contribution in [1.82, 2.24) is 5.32 Å². The van der Waals surface area contributed by atoms with Gasteiger partial charge in [-0.1, -0.05) is 19.9 Å². The molecule has 1 aromatic rings. The summed E-state index contributed by atoms with van der Waals surface area (Å²) >= 11 is 1.74. The molecular weight excluding hydrogens is 222 g/mol. The Labute approximate surface area is 101 Å². The van der Waals surface area contributed by atoms with Crippen LogP contribution in [0.5, 0.6) is 0 Å². The molecule has 0 aliphatic heterocycles. The Morgan fingerprint density at radius 1 is 1.62 bits per heavy atom. The Kier molecular flexibility index (Phi) is 5.49. The molecule has 0 amide bonds. The molecular formula is C12H19NO2S. The second kappa shape index (κ2) is 6.66. The van der Waals surface area contributed by atoms with Gasteiger partial charge < -0.3 is 10.1 Å². The molecule has 0 saturated carbocycles. The molecule has 4 heteroatoms. The highest BCUT2D eigenvalue weighted by Crippen LogP contribution is 2.21. The van der Waals surface area contributed by atoms with E-state index in [-0.39, 0.29) is 11.9 Å². The van der Waals surface area contributed by atoms with Crippen molar-refractivity contribution in [3.05, 3.63) is 22.4 Å². The van der Waals surface area contributed by atoms with Gasteiger partial charge in [0.1, 0.15) is 0 Å². The lowest BCUT2D eigenvalue weighted by Crippen LogP contribution is -2.29. The lowest BCUT2D eigenvalue weighted by Gasteiger charge is -2.17. The number of hydrogen-bond acceptors (Lipinski definition) is 4. The van der Waals surface area contributed by atoms with Gasteiger partial charge in [0.15, 0.2) is 0 Å². The Morgan fingerprint density at radius 3 is 2.88 bits per heavy atom. The van der Waals surface area contributed by atoms with Crippen LogP contribution in [0.3, 0.4) is 0 Å². The summed E-state index contributed by atoms with van der Waals surface area (Å²) in [7, 11) is 1.43. The molecule has 90 valence electrons. The van der Waals surface area contributed by atoms with E-state index in [0.717, 1.165) is 6.42 Å². The van der Waals surface area contributed by atoms with Crippen LogP contribution in [0.2, 0.25) is 0 Å².